The molecule has 2 heteroatoms. The van der Waals surface area contributed by atoms with Crippen LogP contribution in [0, 0.1) is 5.92 Å². The molecule has 1 aliphatic heterocycles. The fourth-order valence-corrected chi connectivity index (χ4v) is 2.20. The van der Waals surface area contributed by atoms with Crippen molar-refractivity contribution in [1.29, 1.82) is 0 Å². The van der Waals surface area contributed by atoms with Gasteiger partial charge in [-0.25, -0.2) is 0 Å². The molecular formula is C18H21NO. The van der Waals surface area contributed by atoms with Gasteiger partial charge in [-0.2, -0.15) is 0 Å². The van der Waals surface area contributed by atoms with Crippen molar-refractivity contribution in [3.8, 4) is 0 Å². The Morgan fingerprint density at radius 2 is 1.35 bits per heavy atom. The Hall–Kier alpha value is -2.09. The van der Waals surface area contributed by atoms with E-state index in [1.165, 1.54) is 0 Å². The van der Waals surface area contributed by atoms with Crippen LogP contribution in [0.3, 0.4) is 0 Å². The zero-order chi connectivity index (χ0) is 14.4. The van der Waals surface area contributed by atoms with E-state index in [9.17, 15) is 4.79 Å². The Morgan fingerprint density at radius 3 is 1.75 bits per heavy atom. The Balaban J connectivity index is 0.000000205. The van der Waals surface area contributed by atoms with Crippen molar-refractivity contribution in [3.63, 3.8) is 0 Å². The van der Waals surface area contributed by atoms with E-state index in [1.54, 1.807) is 0 Å². The predicted octanol–water partition coefficient (Wildman–Crippen LogP) is 3.85. The van der Waals surface area contributed by atoms with Crippen LogP contribution in [-0.4, -0.2) is 23.4 Å². The van der Waals surface area contributed by atoms with Gasteiger partial charge in [0.1, 0.15) is 0 Å². The summed E-state index contributed by atoms with van der Waals surface area (Å²) in [6, 6.07) is 21.9. The molecule has 1 fully saturated rings. The second-order valence-electron chi connectivity index (χ2n) is 5.20. The third kappa shape index (κ3) is 3.47. The number of likely N-dealkylation sites (tertiary alicyclic amines) is 1. The molecule has 1 heterocycles. The average Bonchev–Trinajstić information content (AvgIpc) is 2.54. The molecule has 0 aromatic heterocycles. The maximum absolute atomic E-state index is 11.9. The van der Waals surface area contributed by atoms with E-state index in [0.29, 0.717) is 12.0 Å². The molecule has 1 saturated heterocycles. The minimum atomic E-state index is 0.163. The topological polar surface area (TPSA) is 20.3 Å². The third-order valence-corrected chi connectivity index (χ3v) is 3.75. The van der Waals surface area contributed by atoms with Gasteiger partial charge in [0, 0.05) is 18.2 Å². The van der Waals surface area contributed by atoms with Gasteiger partial charge in [0.15, 0.2) is 0 Å². The minimum Gasteiger partial charge on any atom is -0.335 e. The summed E-state index contributed by atoms with van der Waals surface area (Å²) in [5.74, 6) is 0.805. The number of carbonyl (C=O) groups excluding carboxylic acids is 1. The highest BCUT2D eigenvalue weighted by Crippen LogP contribution is 2.25. The molecule has 3 rings (SSSR count). The van der Waals surface area contributed by atoms with Crippen LogP contribution in [0.25, 0.3) is 0 Å². The summed E-state index contributed by atoms with van der Waals surface area (Å²) >= 11 is 0. The molecule has 104 valence electrons. The van der Waals surface area contributed by atoms with Gasteiger partial charge < -0.3 is 4.90 Å². The van der Waals surface area contributed by atoms with Crippen molar-refractivity contribution >= 4 is 5.91 Å². The molecule has 0 saturated carbocycles. The molecule has 0 radical (unpaired) electrons. The first kappa shape index (κ1) is 14.3. The lowest BCUT2D eigenvalue weighted by molar-refractivity contribution is 0.0270. The van der Waals surface area contributed by atoms with Crippen molar-refractivity contribution < 1.29 is 4.79 Å². The molecule has 2 aromatic rings. The quantitative estimate of drug-likeness (QED) is 0.768. The highest BCUT2D eigenvalue weighted by Gasteiger charge is 2.35. The molecule has 2 atom stereocenters. The van der Waals surface area contributed by atoms with Gasteiger partial charge >= 0.3 is 0 Å². The van der Waals surface area contributed by atoms with Crippen molar-refractivity contribution in [2.75, 3.05) is 6.54 Å². The van der Waals surface area contributed by atoms with E-state index in [4.69, 9.17) is 0 Å². The first-order valence-electron chi connectivity index (χ1n) is 7.06. The van der Waals surface area contributed by atoms with Crippen LogP contribution in [0.1, 0.15) is 24.2 Å². The SMILES string of the molecule is C[C@@H]1[C@@H](C)CN1C(=O)c1ccccc1.c1ccccc1. The molecule has 2 nitrogen and oxygen atoms in total. The fourth-order valence-electron chi connectivity index (χ4n) is 2.20. The first-order valence-corrected chi connectivity index (χ1v) is 7.06. The van der Waals surface area contributed by atoms with Crippen molar-refractivity contribution in [1.82, 2.24) is 4.90 Å². The van der Waals surface area contributed by atoms with Crippen molar-refractivity contribution in [3.05, 3.63) is 72.3 Å². The van der Waals surface area contributed by atoms with Crippen LogP contribution in [0.2, 0.25) is 0 Å². The van der Waals surface area contributed by atoms with Crippen LogP contribution in [0.5, 0.6) is 0 Å². The minimum absolute atomic E-state index is 0.163. The van der Waals surface area contributed by atoms with Gasteiger partial charge in [0.05, 0.1) is 0 Å². The summed E-state index contributed by atoms with van der Waals surface area (Å²) in [5.41, 5.74) is 0.797. The van der Waals surface area contributed by atoms with Gasteiger partial charge in [-0.15, -0.1) is 0 Å². The van der Waals surface area contributed by atoms with Gasteiger partial charge in [-0.05, 0) is 25.0 Å². The third-order valence-electron chi connectivity index (χ3n) is 3.75. The van der Waals surface area contributed by atoms with E-state index >= 15 is 0 Å². The fraction of sp³-hybridized carbons (Fsp3) is 0.278. The number of amides is 1. The number of hydrogen-bond acceptors (Lipinski definition) is 1. The number of nitrogens with zero attached hydrogens (tertiary/aromatic N) is 1. The number of benzene rings is 2. The second-order valence-corrected chi connectivity index (χ2v) is 5.20. The molecule has 0 aliphatic carbocycles. The molecule has 0 spiro atoms. The number of carbonyl (C=O) groups is 1. The largest absolute Gasteiger partial charge is 0.335 e. The smallest absolute Gasteiger partial charge is 0.254 e. The summed E-state index contributed by atoms with van der Waals surface area (Å²) in [4.78, 5) is 13.8. The Kier molecular flexibility index (Phi) is 4.94. The first-order chi connectivity index (χ1) is 9.70. The van der Waals surface area contributed by atoms with E-state index in [2.05, 4.69) is 13.8 Å². The molecule has 0 unspecified atom stereocenters. The summed E-state index contributed by atoms with van der Waals surface area (Å²) < 4.78 is 0. The van der Waals surface area contributed by atoms with Crippen LogP contribution < -0.4 is 0 Å². The van der Waals surface area contributed by atoms with Gasteiger partial charge in [0.25, 0.3) is 5.91 Å². The Bertz CT molecular complexity index is 497. The molecule has 1 aliphatic rings. The summed E-state index contributed by atoms with van der Waals surface area (Å²) in [6.07, 6.45) is 0. The number of rotatable bonds is 1. The van der Waals surface area contributed by atoms with Gasteiger partial charge in [-0.3, -0.25) is 4.79 Å². The Labute approximate surface area is 121 Å². The van der Waals surface area contributed by atoms with Gasteiger partial charge in [0.2, 0.25) is 0 Å². The lowest BCUT2D eigenvalue weighted by Crippen LogP contribution is -2.55. The van der Waals surface area contributed by atoms with Gasteiger partial charge in [-0.1, -0.05) is 61.5 Å². The molecule has 2 aromatic carbocycles. The van der Waals surface area contributed by atoms with Crippen LogP contribution in [-0.2, 0) is 0 Å². The van der Waals surface area contributed by atoms with E-state index in [0.717, 1.165) is 12.1 Å². The van der Waals surface area contributed by atoms with E-state index < -0.39 is 0 Å². The predicted molar refractivity (Wildman–Crippen MR) is 82.5 cm³/mol. The maximum atomic E-state index is 11.9. The van der Waals surface area contributed by atoms with Crippen LogP contribution >= 0.6 is 0 Å². The Morgan fingerprint density at radius 1 is 0.900 bits per heavy atom. The van der Waals surface area contributed by atoms with E-state index in [-0.39, 0.29) is 5.91 Å². The summed E-state index contributed by atoms with van der Waals surface area (Å²) in [5, 5.41) is 0. The molecule has 20 heavy (non-hydrogen) atoms. The normalized spacial score (nSPS) is 20.4. The highest BCUT2D eigenvalue weighted by molar-refractivity contribution is 5.94. The summed E-state index contributed by atoms with van der Waals surface area (Å²) in [7, 11) is 0. The monoisotopic (exact) mass is 267 g/mol. The molecule has 0 N–H and O–H groups in total. The zero-order valence-electron chi connectivity index (χ0n) is 12.1. The van der Waals surface area contributed by atoms with E-state index in [1.807, 2.05) is 71.6 Å². The van der Waals surface area contributed by atoms with Crippen LogP contribution in [0.4, 0.5) is 0 Å². The maximum Gasteiger partial charge on any atom is 0.254 e. The number of hydrogen-bond donors (Lipinski definition) is 0. The molecule has 1 amide bonds. The summed E-state index contributed by atoms with van der Waals surface area (Å²) in [6.45, 7) is 5.18. The standard InChI is InChI=1S/C12H15NO.C6H6/c1-9-8-13(10(9)2)12(14)11-6-4-3-5-7-11;1-2-4-6-5-3-1/h3-7,9-10H,8H2,1-2H3;1-6H/t9-,10+;/m0./s1. The van der Waals surface area contributed by atoms with Crippen molar-refractivity contribution in [2.45, 2.75) is 19.9 Å². The molecule has 0 bridgehead atoms. The highest BCUT2D eigenvalue weighted by atomic mass is 16.2. The lowest BCUT2D eigenvalue weighted by Gasteiger charge is -2.44. The second kappa shape index (κ2) is 6.90. The lowest BCUT2D eigenvalue weighted by atomic mass is 9.91. The average molecular weight is 267 g/mol. The zero-order valence-corrected chi connectivity index (χ0v) is 12.1. The molecular weight excluding hydrogens is 246 g/mol. The van der Waals surface area contributed by atoms with Crippen LogP contribution in [0.15, 0.2) is 66.7 Å². The van der Waals surface area contributed by atoms with Crippen molar-refractivity contribution in [2.24, 2.45) is 5.92 Å².